The smallest absolute Gasteiger partial charge is 0.259 e. The number of aromatic nitrogens is 2. The van der Waals surface area contributed by atoms with E-state index in [9.17, 15) is 4.79 Å². The number of hydrogen-bond acceptors (Lipinski definition) is 2. The van der Waals surface area contributed by atoms with Gasteiger partial charge in [0.1, 0.15) is 0 Å². The highest BCUT2D eigenvalue weighted by atomic mass is 127. The van der Waals surface area contributed by atoms with Crippen LogP contribution in [0.15, 0.2) is 18.2 Å². The third kappa shape index (κ3) is 2.67. The van der Waals surface area contributed by atoms with Crippen LogP contribution >= 0.6 is 34.2 Å². The van der Waals surface area contributed by atoms with Gasteiger partial charge < -0.3 is 5.32 Å². The normalized spacial score (nSPS) is 10.4. The summed E-state index contributed by atoms with van der Waals surface area (Å²) in [6.07, 6.45) is 0. The molecule has 0 saturated carbocycles. The van der Waals surface area contributed by atoms with Crippen molar-refractivity contribution >= 4 is 45.8 Å². The second-order valence-corrected chi connectivity index (χ2v) is 5.54. The summed E-state index contributed by atoms with van der Waals surface area (Å²) in [6, 6.07) is 5.47. The molecule has 1 amide bonds. The van der Waals surface area contributed by atoms with Gasteiger partial charge in [-0.15, -0.1) is 0 Å². The van der Waals surface area contributed by atoms with Crippen LogP contribution in [0.3, 0.4) is 0 Å². The monoisotopic (exact) mass is 375 g/mol. The van der Waals surface area contributed by atoms with Gasteiger partial charge in [-0.3, -0.25) is 9.89 Å². The zero-order valence-corrected chi connectivity index (χ0v) is 12.8. The fourth-order valence-corrected chi connectivity index (χ4v) is 2.56. The summed E-state index contributed by atoms with van der Waals surface area (Å²) >= 11 is 8.24. The van der Waals surface area contributed by atoms with Gasteiger partial charge in [0.15, 0.2) is 0 Å². The molecule has 6 heteroatoms. The Balaban J connectivity index is 2.27. The first-order valence-corrected chi connectivity index (χ1v) is 6.72. The van der Waals surface area contributed by atoms with Gasteiger partial charge in [0.25, 0.3) is 5.91 Å². The Morgan fingerprint density at radius 2 is 2.17 bits per heavy atom. The minimum atomic E-state index is -0.207. The lowest BCUT2D eigenvalue weighted by Crippen LogP contribution is -2.14. The number of aryl methyl sites for hydroxylation is 2. The molecule has 0 aliphatic heterocycles. The summed E-state index contributed by atoms with van der Waals surface area (Å²) in [7, 11) is 0. The number of benzene rings is 1. The molecule has 18 heavy (non-hydrogen) atoms. The van der Waals surface area contributed by atoms with Crippen molar-refractivity contribution in [2.45, 2.75) is 13.8 Å². The lowest BCUT2D eigenvalue weighted by molar-refractivity contribution is 0.102. The maximum absolute atomic E-state index is 12.1. The number of nitrogens with zero attached hydrogens (tertiary/aromatic N) is 1. The first kappa shape index (κ1) is 13.4. The van der Waals surface area contributed by atoms with E-state index in [1.54, 1.807) is 19.1 Å². The molecule has 0 fully saturated rings. The van der Waals surface area contributed by atoms with Crippen molar-refractivity contribution in [2.24, 2.45) is 0 Å². The van der Waals surface area contributed by atoms with Crippen LogP contribution in [-0.2, 0) is 0 Å². The van der Waals surface area contributed by atoms with E-state index in [4.69, 9.17) is 11.6 Å². The summed E-state index contributed by atoms with van der Waals surface area (Å²) in [6.45, 7) is 3.60. The van der Waals surface area contributed by atoms with Crippen molar-refractivity contribution in [1.29, 1.82) is 0 Å². The quantitative estimate of drug-likeness (QED) is 0.789. The summed E-state index contributed by atoms with van der Waals surface area (Å²) in [5.41, 5.74) is 2.57. The van der Waals surface area contributed by atoms with Gasteiger partial charge in [0.05, 0.1) is 22.0 Å². The average Bonchev–Trinajstić information content (AvgIpc) is 2.62. The molecule has 0 aliphatic rings. The van der Waals surface area contributed by atoms with E-state index in [0.717, 1.165) is 9.26 Å². The predicted molar refractivity (Wildman–Crippen MR) is 80.2 cm³/mol. The van der Waals surface area contributed by atoms with Gasteiger partial charge >= 0.3 is 0 Å². The molecule has 2 aromatic rings. The summed E-state index contributed by atoms with van der Waals surface area (Å²) in [5.74, 6) is -0.207. The highest BCUT2D eigenvalue weighted by Gasteiger charge is 2.16. The fraction of sp³-hybridized carbons (Fsp3) is 0.167. The molecule has 0 unspecified atom stereocenters. The molecular weight excluding hydrogens is 365 g/mol. The highest BCUT2D eigenvalue weighted by molar-refractivity contribution is 14.1. The summed E-state index contributed by atoms with van der Waals surface area (Å²) < 4.78 is 1.02. The maximum Gasteiger partial charge on any atom is 0.259 e. The SMILES string of the molecule is Cc1n[nH]c(C)c1C(=O)Nc1ccc(I)cc1Cl. The number of nitrogens with one attached hydrogen (secondary N) is 2. The van der Waals surface area contributed by atoms with Gasteiger partial charge in [0.2, 0.25) is 0 Å². The molecule has 1 aromatic heterocycles. The number of aromatic amines is 1. The standard InChI is InChI=1S/C12H11ClIN3O/c1-6-11(7(2)17-16-6)12(18)15-10-4-3-8(14)5-9(10)13/h3-5H,1-2H3,(H,15,18)(H,16,17). The Kier molecular flexibility index (Phi) is 3.91. The van der Waals surface area contributed by atoms with Gasteiger partial charge in [0, 0.05) is 9.26 Å². The van der Waals surface area contributed by atoms with E-state index in [-0.39, 0.29) is 5.91 Å². The molecule has 0 aliphatic carbocycles. The Hall–Kier alpha value is -1.08. The van der Waals surface area contributed by atoms with Crippen LogP contribution in [0.25, 0.3) is 0 Å². The Labute approximate surface area is 123 Å². The van der Waals surface area contributed by atoms with Crippen LogP contribution in [0.1, 0.15) is 21.7 Å². The lowest BCUT2D eigenvalue weighted by atomic mass is 10.2. The van der Waals surface area contributed by atoms with E-state index in [1.165, 1.54) is 0 Å². The maximum atomic E-state index is 12.1. The van der Waals surface area contributed by atoms with Crippen LogP contribution in [0, 0.1) is 17.4 Å². The molecule has 2 rings (SSSR count). The number of carbonyl (C=O) groups is 1. The number of anilines is 1. The van der Waals surface area contributed by atoms with E-state index in [0.29, 0.717) is 22.0 Å². The number of carbonyl (C=O) groups excluding carboxylic acids is 1. The number of amides is 1. The minimum Gasteiger partial charge on any atom is -0.321 e. The fourth-order valence-electron chi connectivity index (χ4n) is 1.66. The van der Waals surface area contributed by atoms with Crippen LogP contribution in [0.4, 0.5) is 5.69 Å². The second kappa shape index (κ2) is 5.27. The van der Waals surface area contributed by atoms with Gasteiger partial charge in [-0.25, -0.2) is 0 Å². The van der Waals surface area contributed by atoms with Crippen molar-refractivity contribution in [1.82, 2.24) is 10.2 Å². The third-order valence-electron chi connectivity index (χ3n) is 2.53. The Morgan fingerprint density at radius 1 is 1.44 bits per heavy atom. The van der Waals surface area contributed by atoms with Crippen molar-refractivity contribution < 1.29 is 4.79 Å². The highest BCUT2D eigenvalue weighted by Crippen LogP contribution is 2.24. The zero-order valence-electron chi connectivity index (χ0n) is 9.84. The molecule has 0 spiro atoms. The predicted octanol–water partition coefficient (Wildman–Crippen LogP) is 3.54. The second-order valence-electron chi connectivity index (χ2n) is 3.89. The molecule has 0 saturated heterocycles. The van der Waals surface area contributed by atoms with Crippen LogP contribution in [-0.4, -0.2) is 16.1 Å². The lowest BCUT2D eigenvalue weighted by Gasteiger charge is -2.07. The first-order chi connectivity index (χ1) is 8.49. The molecule has 0 atom stereocenters. The number of hydrogen-bond donors (Lipinski definition) is 2. The van der Waals surface area contributed by atoms with Crippen molar-refractivity contribution in [3.8, 4) is 0 Å². The zero-order chi connectivity index (χ0) is 13.3. The molecular formula is C12H11ClIN3O. The number of H-pyrrole nitrogens is 1. The first-order valence-electron chi connectivity index (χ1n) is 5.27. The molecule has 2 N–H and O–H groups in total. The van der Waals surface area contributed by atoms with Gasteiger partial charge in [-0.2, -0.15) is 5.10 Å². The van der Waals surface area contributed by atoms with Crippen molar-refractivity contribution in [3.63, 3.8) is 0 Å². The van der Waals surface area contributed by atoms with Gasteiger partial charge in [-0.05, 0) is 54.6 Å². The molecule has 0 radical (unpaired) electrons. The largest absolute Gasteiger partial charge is 0.321 e. The summed E-state index contributed by atoms with van der Waals surface area (Å²) in [5, 5.41) is 10.1. The number of halogens is 2. The van der Waals surface area contributed by atoms with Gasteiger partial charge in [-0.1, -0.05) is 11.6 Å². The minimum absolute atomic E-state index is 0.207. The Bertz CT molecular complexity index is 590. The molecule has 0 bridgehead atoms. The summed E-state index contributed by atoms with van der Waals surface area (Å²) in [4.78, 5) is 12.1. The third-order valence-corrected chi connectivity index (χ3v) is 3.52. The Morgan fingerprint density at radius 3 is 2.72 bits per heavy atom. The van der Waals surface area contributed by atoms with Crippen LogP contribution in [0.2, 0.25) is 5.02 Å². The van der Waals surface area contributed by atoms with Crippen molar-refractivity contribution in [2.75, 3.05) is 5.32 Å². The van der Waals surface area contributed by atoms with Crippen LogP contribution < -0.4 is 5.32 Å². The topological polar surface area (TPSA) is 57.8 Å². The van der Waals surface area contributed by atoms with Crippen molar-refractivity contribution in [3.05, 3.63) is 43.7 Å². The number of rotatable bonds is 2. The molecule has 1 aromatic carbocycles. The van der Waals surface area contributed by atoms with E-state index < -0.39 is 0 Å². The molecule has 94 valence electrons. The average molecular weight is 376 g/mol. The molecule has 1 heterocycles. The van der Waals surface area contributed by atoms with E-state index in [1.807, 2.05) is 13.0 Å². The molecule has 4 nitrogen and oxygen atoms in total. The van der Waals surface area contributed by atoms with Crippen LogP contribution in [0.5, 0.6) is 0 Å². The van der Waals surface area contributed by atoms with E-state index >= 15 is 0 Å². The van der Waals surface area contributed by atoms with E-state index in [2.05, 4.69) is 38.1 Å².